The van der Waals surface area contributed by atoms with Crippen LogP contribution in [0.4, 0.5) is 5.69 Å². The summed E-state index contributed by atoms with van der Waals surface area (Å²) in [5, 5.41) is 0. The lowest BCUT2D eigenvalue weighted by Gasteiger charge is -2.35. The molecule has 1 saturated heterocycles. The highest BCUT2D eigenvalue weighted by Gasteiger charge is 2.29. The Bertz CT molecular complexity index is 1110. The highest BCUT2D eigenvalue weighted by molar-refractivity contribution is 7.89. The molecular formula is C18H20N4O3S. The maximum Gasteiger partial charge on any atom is 0.323 e. The smallest absolute Gasteiger partial charge is 0.323 e. The second-order valence-corrected chi connectivity index (χ2v) is 8.37. The number of H-pyrrole nitrogens is 2. The van der Waals surface area contributed by atoms with Gasteiger partial charge in [0.05, 0.1) is 15.9 Å². The topological polar surface area (TPSA) is 89.3 Å². The van der Waals surface area contributed by atoms with Crippen molar-refractivity contribution in [2.24, 2.45) is 0 Å². The summed E-state index contributed by atoms with van der Waals surface area (Å²) >= 11 is 0. The third-order valence-corrected chi connectivity index (χ3v) is 6.87. The van der Waals surface area contributed by atoms with Gasteiger partial charge >= 0.3 is 5.69 Å². The third kappa shape index (κ3) is 2.91. The molecule has 0 unspecified atom stereocenters. The molecule has 2 N–H and O–H groups in total. The van der Waals surface area contributed by atoms with Crippen molar-refractivity contribution in [3.63, 3.8) is 0 Å². The fourth-order valence-corrected chi connectivity index (χ4v) is 5.04. The van der Waals surface area contributed by atoms with Gasteiger partial charge in [-0.1, -0.05) is 18.2 Å². The zero-order valence-electron chi connectivity index (χ0n) is 14.4. The number of hydrogen-bond donors (Lipinski definition) is 2. The van der Waals surface area contributed by atoms with E-state index in [-0.39, 0.29) is 5.69 Å². The van der Waals surface area contributed by atoms with Crippen molar-refractivity contribution >= 4 is 26.7 Å². The van der Waals surface area contributed by atoms with E-state index in [1.54, 1.807) is 16.4 Å². The van der Waals surface area contributed by atoms with Crippen LogP contribution in [0.1, 0.15) is 5.56 Å². The molecule has 1 aliphatic rings. The molecular weight excluding hydrogens is 352 g/mol. The Labute approximate surface area is 151 Å². The number of imidazole rings is 1. The minimum atomic E-state index is -3.48. The number of aryl methyl sites for hydroxylation is 1. The van der Waals surface area contributed by atoms with Gasteiger partial charge in [-0.2, -0.15) is 4.31 Å². The van der Waals surface area contributed by atoms with E-state index in [1.165, 1.54) is 0 Å². The largest absolute Gasteiger partial charge is 0.369 e. The maximum atomic E-state index is 12.9. The normalized spacial score (nSPS) is 16.3. The van der Waals surface area contributed by atoms with E-state index in [0.29, 0.717) is 31.1 Å². The Morgan fingerprint density at radius 1 is 0.923 bits per heavy atom. The minimum Gasteiger partial charge on any atom is -0.369 e. The van der Waals surface area contributed by atoms with Gasteiger partial charge in [0.2, 0.25) is 10.0 Å². The summed E-state index contributed by atoms with van der Waals surface area (Å²) < 4.78 is 27.3. The maximum absolute atomic E-state index is 12.9. The standard InChI is InChI=1S/C18H20N4O3S/c1-13-4-2-3-5-17(13)26(24,25)22-10-8-21(9-11-22)14-6-7-15-16(12-14)20-18(23)19-15/h2-7,12H,8-11H2,1H3,(H2,19,20,23). The van der Waals surface area contributed by atoms with E-state index in [2.05, 4.69) is 14.9 Å². The molecule has 4 rings (SSSR count). The highest BCUT2D eigenvalue weighted by Crippen LogP contribution is 2.24. The van der Waals surface area contributed by atoms with Crippen LogP contribution in [-0.4, -0.2) is 48.9 Å². The Balaban J connectivity index is 1.53. The van der Waals surface area contributed by atoms with Crippen LogP contribution in [0.25, 0.3) is 11.0 Å². The van der Waals surface area contributed by atoms with Gasteiger partial charge in [0.25, 0.3) is 0 Å². The number of anilines is 1. The van der Waals surface area contributed by atoms with E-state index in [9.17, 15) is 13.2 Å². The molecule has 8 heteroatoms. The molecule has 2 aromatic carbocycles. The van der Waals surface area contributed by atoms with Crippen LogP contribution in [0, 0.1) is 6.92 Å². The van der Waals surface area contributed by atoms with Crippen molar-refractivity contribution in [3.8, 4) is 0 Å². The van der Waals surface area contributed by atoms with E-state index in [4.69, 9.17) is 0 Å². The number of rotatable bonds is 3. The van der Waals surface area contributed by atoms with Gasteiger partial charge in [-0.25, -0.2) is 13.2 Å². The fraction of sp³-hybridized carbons (Fsp3) is 0.278. The van der Waals surface area contributed by atoms with Crippen LogP contribution < -0.4 is 10.6 Å². The zero-order chi connectivity index (χ0) is 18.3. The number of aromatic amines is 2. The Hall–Kier alpha value is -2.58. The highest BCUT2D eigenvalue weighted by atomic mass is 32.2. The van der Waals surface area contributed by atoms with Gasteiger partial charge in [0.15, 0.2) is 0 Å². The monoisotopic (exact) mass is 372 g/mol. The summed E-state index contributed by atoms with van der Waals surface area (Å²) in [5.41, 5.74) is 3.02. The molecule has 136 valence electrons. The zero-order valence-corrected chi connectivity index (χ0v) is 15.2. The van der Waals surface area contributed by atoms with Gasteiger partial charge < -0.3 is 14.9 Å². The second kappa shape index (κ2) is 6.30. The lowest BCUT2D eigenvalue weighted by atomic mass is 10.2. The summed E-state index contributed by atoms with van der Waals surface area (Å²) in [6, 6.07) is 12.8. The molecule has 1 aromatic heterocycles. The molecule has 1 fully saturated rings. The average molecular weight is 372 g/mol. The van der Waals surface area contributed by atoms with E-state index in [0.717, 1.165) is 22.3 Å². The third-order valence-electron chi connectivity index (χ3n) is 4.81. The predicted molar refractivity (Wildman–Crippen MR) is 101 cm³/mol. The fourth-order valence-electron chi connectivity index (χ4n) is 3.39. The van der Waals surface area contributed by atoms with Gasteiger partial charge in [-0.15, -0.1) is 0 Å². The molecule has 0 spiro atoms. The summed E-state index contributed by atoms with van der Waals surface area (Å²) in [7, 11) is -3.48. The molecule has 1 aliphatic heterocycles. The number of sulfonamides is 1. The molecule has 7 nitrogen and oxygen atoms in total. The number of fused-ring (bicyclic) bond motifs is 1. The van der Waals surface area contributed by atoms with Crippen LogP contribution in [0.2, 0.25) is 0 Å². The van der Waals surface area contributed by atoms with E-state index in [1.807, 2.05) is 37.3 Å². The number of benzene rings is 2. The quantitative estimate of drug-likeness (QED) is 0.732. The minimum absolute atomic E-state index is 0.230. The average Bonchev–Trinajstić information content (AvgIpc) is 3.01. The summed E-state index contributed by atoms with van der Waals surface area (Å²) in [6.07, 6.45) is 0. The van der Waals surface area contributed by atoms with Crippen LogP contribution >= 0.6 is 0 Å². The lowest BCUT2D eigenvalue weighted by molar-refractivity contribution is 0.384. The second-order valence-electron chi connectivity index (χ2n) is 6.47. The van der Waals surface area contributed by atoms with Gasteiger partial charge in [-0.3, -0.25) is 0 Å². The van der Waals surface area contributed by atoms with E-state index < -0.39 is 10.0 Å². The molecule has 26 heavy (non-hydrogen) atoms. The molecule has 0 aliphatic carbocycles. The molecule has 2 heterocycles. The molecule has 0 amide bonds. The van der Waals surface area contributed by atoms with Crippen LogP contribution in [-0.2, 0) is 10.0 Å². The van der Waals surface area contributed by atoms with E-state index >= 15 is 0 Å². The van der Waals surface area contributed by atoms with Crippen molar-refractivity contribution in [2.45, 2.75) is 11.8 Å². The van der Waals surface area contributed by atoms with Crippen LogP contribution in [0.5, 0.6) is 0 Å². The number of aromatic nitrogens is 2. The van der Waals surface area contributed by atoms with Crippen molar-refractivity contribution in [1.82, 2.24) is 14.3 Å². The predicted octanol–water partition coefficient (Wildman–Crippen LogP) is 1.68. The van der Waals surface area contributed by atoms with Crippen molar-refractivity contribution < 1.29 is 8.42 Å². The summed E-state index contributed by atoms with van der Waals surface area (Å²) in [5.74, 6) is 0. The number of nitrogens with one attached hydrogen (secondary N) is 2. The molecule has 0 saturated carbocycles. The summed E-state index contributed by atoms with van der Waals surface area (Å²) in [4.78, 5) is 19.4. The van der Waals surface area contributed by atoms with Crippen molar-refractivity contribution in [2.75, 3.05) is 31.1 Å². The first-order valence-corrected chi connectivity index (χ1v) is 9.92. The molecule has 0 bridgehead atoms. The van der Waals surface area contributed by atoms with Crippen molar-refractivity contribution in [1.29, 1.82) is 0 Å². The number of hydrogen-bond acceptors (Lipinski definition) is 4. The van der Waals surface area contributed by atoms with Crippen LogP contribution in [0.3, 0.4) is 0 Å². The van der Waals surface area contributed by atoms with Gasteiger partial charge in [-0.05, 0) is 36.8 Å². The van der Waals surface area contributed by atoms with Gasteiger partial charge in [0.1, 0.15) is 0 Å². The number of nitrogens with zero attached hydrogens (tertiary/aromatic N) is 2. The SMILES string of the molecule is Cc1ccccc1S(=O)(=O)N1CCN(c2ccc3[nH]c(=O)[nH]c3c2)CC1. The molecule has 0 radical (unpaired) electrons. The first kappa shape index (κ1) is 16.9. The first-order valence-electron chi connectivity index (χ1n) is 8.48. The summed E-state index contributed by atoms with van der Waals surface area (Å²) in [6.45, 7) is 3.88. The molecule has 0 atom stereocenters. The first-order chi connectivity index (χ1) is 12.4. The Morgan fingerprint density at radius 2 is 1.62 bits per heavy atom. The van der Waals surface area contributed by atoms with Gasteiger partial charge in [0, 0.05) is 31.9 Å². The van der Waals surface area contributed by atoms with Crippen molar-refractivity contribution in [3.05, 3.63) is 58.5 Å². The number of piperazine rings is 1. The van der Waals surface area contributed by atoms with Crippen LogP contribution in [0.15, 0.2) is 52.2 Å². The molecule has 3 aromatic rings. The Kier molecular flexibility index (Phi) is 4.08. The lowest BCUT2D eigenvalue weighted by Crippen LogP contribution is -2.48. The Morgan fingerprint density at radius 3 is 2.35 bits per heavy atom.